The van der Waals surface area contributed by atoms with Gasteiger partial charge in [0.05, 0.1) is 18.3 Å². The summed E-state index contributed by atoms with van der Waals surface area (Å²) in [6.45, 7) is -0.194. The number of aromatic hydroxyl groups is 2. The molecule has 3 amide bonds. The van der Waals surface area contributed by atoms with E-state index in [1.165, 1.54) is 24.3 Å². The monoisotopic (exact) mass is 1030 g/mol. The van der Waals surface area contributed by atoms with E-state index in [1.54, 1.807) is 30.3 Å². The second kappa shape index (κ2) is 20.7. The lowest BCUT2D eigenvalue weighted by Gasteiger charge is -2.37. The Bertz CT molecular complexity index is 2790. The number of hydrogen-bond donors (Lipinski definition) is 11. The van der Waals surface area contributed by atoms with Crippen LogP contribution in [0.3, 0.4) is 0 Å². The number of phosphoric ester groups is 1. The number of phenolic OH excluding ortho intramolecular Hbond substituents is 2. The van der Waals surface area contributed by atoms with Crippen LogP contribution >= 0.6 is 23.5 Å². The molecule has 1 saturated heterocycles. The number of imidazole rings is 1. The van der Waals surface area contributed by atoms with Gasteiger partial charge in [0.25, 0.3) is 11.8 Å². The SMILES string of the molecule is O=C(CCCCCNC(=O)c1cccc2c1C1(OC2=O)c2ccc(O)cc2Oc2cc(O)ccc21)NCCCCNC(=O)c1cn([C@H]2C[C@H](O)[C@@H](COP(=O)(O)OP(=O)(O)OP(=O)(O)O)O2)c(=O)[nH]1. The van der Waals surface area contributed by atoms with Crippen molar-refractivity contribution < 1.29 is 95.1 Å². The Labute approximate surface area is 390 Å². The van der Waals surface area contributed by atoms with Crippen molar-refractivity contribution in [2.24, 2.45) is 0 Å². The fourth-order valence-electron chi connectivity index (χ4n) is 7.95. The topological polar surface area (TPSA) is 390 Å². The molecule has 26 nitrogen and oxygen atoms in total. The molecule has 29 heteroatoms. The number of esters is 1. The summed E-state index contributed by atoms with van der Waals surface area (Å²) in [4.78, 5) is 103. The van der Waals surface area contributed by atoms with Gasteiger partial charge in [-0.3, -0.25) is 23.5 Å². The van der Waals surface area contributed by atoms with Gasteiger partial charge in [-0.1, -0.05) is 12.5 Å². The number of aliphatic hydroxyl groups excluding tert-OH is 1. The first-order chi connectivity index (χ1) is 32.6. The molecule has 0 radical (unpaired) electrons. The van der Waals surface area contributed by atoms with Crippen molar-refractivity contribution in [2.45, 2.75) is 69.0 Å². The maximum absolute atomic E-state index is 13.7. The zero-order valence-electron chi connectivity index (χ0n) is 35.9. The third-order valence-corrected chi connectivity index (χ3v) is 14.7. The Morgan fingerprint density at radius 2 is 1.42 bits per heavy atom. The standard InChI is InChI=1S/C40H46N5O21P3/c46-22-10-12-26-30(17-22)62-31-18-23(47)11-13-27(31)40(26)35-24(7-6-8-25(35)38(52)64-40)36(50)42-15-3-1-2-9-33(49)41-14-4-5-16-43-37(51)28-20-45(39(53)44-28)34-19-29(48)32(63-34)21-61-68(57,58)66-69(59,60)65-67(54,55)56/h6-8,10-13,17-18,20,29,32,34,46-48H,1-5,9,14-16,19,21H2,(H,41,49)(H,42,50)(H,43,51)(H,44,53)(H,57,58)(H,59,60)(H2,54,55,56)/t29-,32+,34+/m0/s1. The number of aliphatic hydroxyl groups is 1. The maximum atomic E-state index is 13.7. The number of phenols is 2. The number of carbonyl (C=O) groups is 4. The minimum atomic E-state index is -5.77. The molecule has 3 aliphatic rings. The normalized spacial score (nSPS) is 19.6. The number of aromatic nitrogens is 2. The molecule has 11 N–H and O–H groups in total. The smallest absolute Gasteiger partial charge is 0.490 e. The second-order valence-corrected chi connectivity index (χ2v) is 20.3. The van der Waals surface area contributed by atoms with Gasteiger partial charge in [0.2, 0.25) is 5.91 Å². The molecule has 4 aromatic rings. The highest BCUT2D eigenvalue weighted by atomic mass is 31.3. The van der Waals surface area contributed by atoms with Gasteiger partial charge < -0.3 is 70.0 Å². The fraction of sp³-hybridized carbons (Fsp3) is 0.375. The fourth-order valence-corrected chi connectivity index (χ4v) is 11.0. The number of fused-ring (bicyclic) bond motifs is 6. The highest BCUT2D eigenvalue weighted by Crippen LogP contribution is 2.66. The summed E-state index contributed by atoms with van der Waals surface area (Å²) in [5, 5.41) is 39.1. The van der Waals surface area contributed by atoms with E-state index in [0.717, 1.165) is 10.8 Å². The summed E-state index contributed by atoms with van der Waals surface area (Å²) in [5.41, 5.74) is -1.19. The van der Waals surface area contributed by atoms with Gasteiger partial charge in [-0.15, -0.1) is 0 Å². The summed E-state index contributed by atoms with van der Waals surface area (Å²) < 4.78 is 64.6. The summed E-state index contributed by atoms with van der Waals surface area (Å²) in [6.07, 6.45) is -0.306. The van der Waals surface area contributed by atoms with Gasteiger partial charge >= 0.3 is 35.1 Å². The van der Waals surface area contributed by atoms with E-state index in [2.05, 4.69) is 34.1 Å². The number of nitrogens with zero attached hydrogens (tertiary/aromatic N) is 1. The van der Waals surface area contributed by atoms with E-state index in [4.69, 9.17) is 24.0 Å². The van der Waals surface area contributed by atoms with Gasteiger partial charge in [-0.05, 0) is 62.1 Å². The Hall–Kier alpha value is -5.72. The first-order valence-corrected chi connectivity index (χ1v) is 25.6. The Balaban J connectivity index is 0.797. The summed E-state index contributed by atoms with van der Waals surface area (Å²) in [5.74, 6) is -1.85. The number of phosphoric acid groups is 3. The number of rotatable bonds is 21. The van der Waals surface area contributed by atoms with Crippen molar-refractivity contribution in [1.29, 1.82) is 0 Å². The van der Waals surface area contributed by atoms with Crippen LogP contribution in [0, 0.1) is 0 Å². The van der Waals surface area contributed by atoms with Crippen LogP contribution in [0.5, 0.6) is 23.0 Å². The molecule has 0 bridgehead atoms. The number of hydrogen-bond acceptors (Lipinski definition) is 17. The zero-order chi connectivity index (χ0) is 49.9. The molecule has 4 heterocycles. The molecule has 2 unspecified atom stereocenters. The first kappa shape index (κ1) is 51.1. The van der Waals surface area contributed by atoms with Crippen LogP contribution in [0.4, 0.5) is 0 Å². The molecule has 1 fully saturated rings. The largest absolute Gasteiger partial charge is 0.508 e. The maximum Gasteiger partial charge on any atom is 0.490 e. The van der Waals surface area contributed by atoms with Crippen LogP contribution in [0.15, 0.2) is 65.6 Å². The second-order valence-electron chi connectivity index (χ2n) is 15.8. The molecule has 3 aliphatic heterocycles. The lowest BCUT2D eigenvalue weighted by atomic mass is 9.75. The van der Waals surface area contributed by atoms with Crippen molar-refractivity contribution in [2.75, 3.05) is 26.2 Å². The highest BCUT2D eigenvalue weighted by molar-refractivity contribution is 7.66. The average molecular weight is 1030 g/mol. The van der Waals surface area contributed by atoms with E-state index in [9.17, 15) is 62.8 Å². The third kappa shape index (κ3) is 12.0. The number of H-pyrrole nitrogens is 1. The lowest BCUT2D eigenvalue weighted by molar-refractivity contribution is -0.121. The highest BCUT2D eigenvalue weighted by Gasteiger charge is 2.55. The number of aromatic amines is 1. The number of unbranched alkanes of at least 4 members (excludes halogenated alkanes) is 3. The van der Waals surface area contributed by atoms with Crippen molar-refractivity contribution in [3.63, 3.8) is 0 Å². The molecule has 0 saturated carbocycles. The summed E-state index contributed by atoms with van der Waals surface area (Å²) >= 11 is 0. The van der Waals surface area contributed by atoms with Crippen molar-refractivity contribution in [3.8, 4) is 23.0 Å². The number of amides is 3. The van der Waals surface area contributed by atoms with Crippen molar-refractivity contribution in [3.05, 3.63) is 105 Å². The molecule has 372 valence electrons. The van der Waals surface area contributed by atoms with Gasteiger partial charge in [-0.2, -0.15) is 8.62 Å². The van der Waals surface area contributed by atoms with E-state index < -0.39 is 77.6 Å². The van der Waals surface area contributed by atoms with Crippen LogP contribution in [0.1, 0.15) is 99.1 Å². The predicted octanol–water partition coefficient (Wildman–Crippen LogP) is 2.76. The van der Waals surface area contributed by atoms with Gasteiger partial charge in [0, 0.05) is 73.1 Å². The first-order valence-electron chi connectivity index (χ1n) is 21.0. The van der Waals surface area contributed by atoms with E-state index >= 15 is 0 Å². The van der Waals surface area contributed by atoms with Gasteiger partial charge in [0.15, 0.2) is 5.60 Å². The number of benzene rings is 3. The van der Waals surface area contributed by atoms with E-state index in [1.807, 2.05) is 0 Å². The van der Waals surface area contributed by atoms with Crippen LogP contribution in [0.25, 0.3) is 0 Å². The van der Waals surface area contributed by atoms with Crippen LogP contribution < -0.4 is 26.4 Å². The Morgan fingerprint density at radius 1 is 0.797 bits per heavy atom. The molecular weight excluding hydrogens is 979 g/mol. The predicted molar refractivity (Wildman–Crippen MR) is 233 cm³/mol. The molecule has 0 aliphatic carbocycles. The minimum absolute atomic E-state index is 0.108. The molecule has 1 aromatic heterocycles. The van der Waals surface area contributed by atoms with Gasteiger partial charge in [0.1, 0.15) is 41.0 Å². The van der Waals surface area contributed by atoms with Crippen LogP contribution in [0.2, 0.25) is 0 Å². The summed E-state index contributed by atoms with van der Waals surface area (Å²) in [7, 11) is -16.9. The number of nitrogens with one attached hydrogen (secondary N) is 4. The number of carbonyl (C=O) groups excluding carboxylic acids is 4. The van der Waals surface area contributed by atoms with E-state index in [-0.39, 0.29) is 71.7 Å². The van der Waals surface area contributed by atoms with Crippen molar-refractivity contribution in [1.82, 2.24) is 25.5 Å². The molecule has 1 spiro atoms. The van der Waals surface area contributed by atoms with Crippen LogP contribution in [-0.4, -0.2) is 107 Å². The van der Waals surface area contributed by atoms with E-state index in [0.29, 0.717) is 55.3 Å². The molecule has 3 aromatic carbocycles. The quantitative estimate of drug-likeness (QED) is 0.0325. The Kier molecular flexibility index (Phi) is 15.3. The zero-order valence-corrected chi connectivity index (χ0v) is 38.6. The molecular formula is C40H46N5O21P3. The van der Waals surface area contributed by atoms with Gasteiger partial charge in [-0.25, -0.2) is 23.3 Å². The number of ether oxygens (including phenoxy) is 3. The van der Waals surface area contributed by atoms with Crippen molar-refractivity contribution >= 4 is 47.2 Å². The molecule has 69 heavy (non-hydrogen) atoms. The Morgan fingerprint density at radius 3 is 2.07 bits per heavy atom. The molecule has 7 rings (SSSR count). The summed E-state index contributed by atoms with van der Waals surface area (Å²) in [6, 6.07) is 13.4. The third-order valence-electron chi connectivity index (χ3n) is 10.9. The van der Waals surface area contributed by atoms with Crippen LogP contribution in [-0.2, 0) is 46.7 Å². The lowest BCUT2D eigenvalue weighted by Crippen LogP contribution is -2.36. The average Bonchev–Trinajstić information content (AvgIpc) is 3.93. The molecule has 5 atom stereocenters. The minimum Gasteiger partial charge on any atom is -0.508 e.